The Morgan fingerprint density at radius 1 is 0.603 bits per heavy atom. The van der Waals surface area contributed by atoms with Crippen LogP contribution in [-0.4, -0.2) is 91.5 Å². The molecule has 0 aliphatic heterocycles. The van der Waals surface area contributed by atoms with Crippen molar-refractivity contribution in [2.24, 2.45) is 17.6 Å². The number of nitrogens with two attached hydrogens (primary N) is 1. The predicted molar refractivity (Wildman–Crippen MR) is 280 cm³/mol. The first kappa shape index (κ1) is 56.2. The summed E-state index contributed by atoms with van der Waals surface area (Å²) >= 11 is 0. The highest BCUT2D eigenvalue weighted by Crippen LogP contribution is 2.30. The van der Waals surface area contributed by atoms with Gasteiger partial charge in [-0.3, -0.25) is 9.59 Å². The molecular formula is C54H68N6O11S2. The largest absolute Gasteiger partial charge is 0.481 e. The molecule has 2 fully saturated rings. The van der Waals surface area contributed by atoms with E-state index in [0.29, 0.717) is 98.1 Å². The Kier molecular flexibility index (Phi) is 20.2. The lowest BCUT2D eigenvalue weighted by Gasteiger charge is -2.30. The molecule has 0 saturated heterocycles. The van der Waals surface area contributed by atoms with E-state index in [9.17, 15) is 31.5 Å². The molecule has 19 heteroatoms. The maximum absolute atomic E-state index is 13.0. The highest BCUT2D eigenvalue weighted by molar-refractivity contribution is 7.89. The van der Waals surface area contributed by atoms with Crippen LogP contribution in [0.1, 0.15) is 102 Å². The van der Waals surface area contributed by atoms with E-state index in [2.05, 4.69) is 24.7 Å². The maximum atomic E-state index is 13.0. The molecule has 2 saturated carbocycles. The molecule has 0 bridgehead atoms. The molecule has 4 atom stereocenters. The number of aliphatic carboxylic acids is 1. The summed E-state index contributed by atoms with van der Waals surface area (Å²) in [5, 5.41) is 32.8. The minimum Gasteiger partial charge on any atom is -0.481 e. The molecule has 6 aromatic rings. The Bertz CT molecular complexity index is 2970. The Morgan fingerprint density at radius 2 is 1.03 bits per heavy atom. The number of amides is 1. The molecule has 0 radical (unpaired) electrons. The van der Waals surface area contributed by atoms with Gasteiger partial charge in [0, 0.05) is 40.9 Å². The molecule has 1 amide bonds. The van der Waals surface area contributed by atoms with Crippen molar-refractivity contribution in [1.82, 2.24) is 24.7 Å². The van der Waals surface area contributed by atoms with Gasteiger partial charge < -0.3 is 35.8 Å². The highest BCUT2D eigenvalue weighted by Gasteiger charge is 2.32. The second-order valence-corrected chi connectivity index (χ2v) is 21.8. The second-order valence-electron chi connectivity index (χ2n) is 18.4. The molecule has 0 unspecified atom stereocenters. The van der Waals surface area contributed by atoms with Crippen LogP contribution in [0, 0.1) is 11.8 Å². The SMILES string of the molecule is CCOc1ccc2cc(S(=O)(=O)NC3CCC(C(=O)N[C@@H](c4ccccc4)[C@@H](C)O)CC3)ccc2n1.CCOc1ccc2cc(S(=O)(=O)NC3CCC(C(=O)O)CC3)ccc2n1.C[C@@H](O)[C@@H](N)c1ccccc1. The first-order valence-electron chi connectivity index (χ1n) is 24.7. The lowest BCUT2D eigenvalue weighted by molar-refractivity contribution is -0.142. The fourth-order valence-electron chi connectivity index (χ4n) is 8.84. The fraction of sp³-hybridized carbons (Fsp3) is 0.407. The number of fused-ring (bicyclic) bond motifs is 2. The summed E-state index contributed by atoms with van der Waals surface area (Å²) in [5.74, 6) is -0.504. The van der Waals surface area contributed by atoms with E-state index in [-0.39, 0.29) is 45.7 Å². The molecule has 2 aliphatic carbocycles. The minimum absolute atomic E-state index is 0.112. The van der Waals surface area contributed by atoms with Crippen LogP contribution < -0.4 is 30.0 Å². The quantitative estimate of drug-likeness (QED) is 0.0472. The first-order valence-corrected chi connectivity index (χ1v) is 27.7. The average Bonchev–Trinajstić information content (AvgIpc) is 3.38. The topological polar surface area (TPSA) is 269 Å². The molecule has 392 valence electrons. The van der Waals surface area contributed by atoms with Gasteiger partial charge in [-0.1, -0.05) is 60.7 Å². The molecule has 73 heavy (non-hydrogen) atoms. The number of aromatic nitrogens is 2. The van der Waals surface area contributed by atoms with Gasteiger partial charge in [0.1, 0.15) is 0 Å². The summed E-state index contributed by atoms with van der Waals surface area (Å²) in [6.45, 7) is 8.12. The molecular weight excluding hydrogens is 973 g/mol. The van der Waals surface area contributed by atoms with Crippen molar-refractivity contribution in [3.8, 4) is 11.8 Å². The van der Waals surface area contributed by atoms with E-state index < -0.39 is 44.3 Å². The maximum Gasteiger partial charge on any atom is 0.306 e. The van der Waals surface area contributed by atoms with Crippen LogP contribution in [0.2, 0.25) is 0 Å². The van der Waals surface area contributed by atoms with Crippen LogP contribution in [0.15, 0.2) is 131 Å². The zero-order valence-corrected chi connectivity index (χ0v) is 43.3. The zero-order valence-electron chi connectivity index (χ0n) is 41.6. The average molecular weight is 1040 g/mol. The number of ether oxygens (including phenoxy) is 2. The normalized spacial score (nSPS) is 19.7. The first-order chi connectivity index (χ1) is 34.9. The number of nitrogens with zero attached hydrogens (tertiary/aromatic N) is 2. The number of carboxylic acids is 1. The smallest absolute Gasteiger partial charge is 0.306 e. The molecule has 2 aliphatic rings. The number of benzene rings is 4. The Hall–Kier alpha value is -6.06. The van der Waals surface area contributed by atoms with Crippen LogP contribution in [0.5, 0.6) is 11.8 Å². The van der Waals surface area contributed by atoms with Crippen molar-refractivity contribution in [1.29, 1.82) is 0 Å². The number of sulfonamides is 2. The predicted octanol–water partition coefficient (Wildman–Crippen LogP) is 7.33. The highest BCUT2D eigenvalue weighted by atomic mass is 32.2. The number of hydrogen-bond acceptors (Lipinski definition) is 13. The minimum atomic E-state index is -3.72. The molecule has 0 spiro atoms. The van der Waals surface area contributed by atoms with E-state index in [1.165, 1.54) is 6.07 Å². The summed E-state index contributed by atoms with van der Waals surface area (Å²) < 4.78 is 67.7. The number of rotatable bonds is 17. The third kappa shape index (κ3) is 16.0. The Labute approximate surface area is 428 Å². The van der Waals surface area contributed by atoms with Crippen molar-refractivity contribution in [2.75, 3.05) is 13.2 Å². The lowest BCUT2D eigenvalue weighted by Crippen LogP contribution is -2.43. The number of carboxylic acid groups (broad SMARTS) is 1. The van der Waals surface area contributed by atoms with Crippen LogP contribution in [0.4, 0.5) is 0 Å². The van der Waals surface area contributed by atoms with Crippen LogP contribution in [0.3, 0.4) is 0 Å². The Balaban J connectivity index is 0.000000204. The summed E-state index contributed by atoms with van der Waals surface area (Å²) in [5.41, 5.74) is 8.84. The number of carbonyl (C=O) groups is 2. The summed E-state index contributed by atoms with van der Waals surface area (Å²) in [4.78, 5) is 33.0. The molecule has 2 aromatic heterocycles. The van der Waals surface area contributed by atoms with Crippen molar-refractivity contribution < 1.29 is 51.2 Å². The summed E-state index contributed by atoms with van der Waals surface area (Å²) in [6, 6.07) is 34.4. The van der Waals surface area contributed by atoms with Crippen molar-refractivity contribution in [3.63, 3.8) is 0 Å². The third-order valence-electron chi connectivity index (χ3n) is 12.9. The van der Waals surface area contributed by atoms with E-state index >= 15 is 0 Å². The zero-order chi connectivity index (χ0) is 52.7. The molecule has 8 rings (SSSR count). The van der Waals surface area contributed by atoms with Gasteiger partial charge in [-0.2, -0.15) is 0 Å². The van der Waals surface area contributed by atoms with Gasteiger partial charge in [-0.15, -0.1) is 0 Å². The van der Waals surface area contributed by atoms with Gasteiger partial charge in [0.15, 0.2) is 0 Å². The van der Waals surface area contributed by atoms with E-state index in [1.807, 2.05) is 74.5 Å². The van der Waals surface area contributed by atoms with E-state index in [4.69, 9.17) is 25.4 Å². The van der Waals surface area contributed by atoms with Gasteiger partial charge in [-0.05, 0) is 139 Å². The molecule has 2 heterocycles. The summed E-state index contributed by atoms with van der Waals surface area (Å²) in [7, 11) is -7.38. The van der Waals surface area contributed by atoms with Gasteiger partial charge in [-0.25, -0.2) is 36.2 Å². The fourth-order valence-corrected chi connectivity index (χ4v) is 11.5. The number of hydrogen-bond donors (Lipinski definition) is 7. The Morgan fingerprint density at radius 3 is 1.42 bits per heavy atom. The van der Waals surface area contributed by atoms with Gasteiger partial charge in [0.05, 0.1) is 64.2 Å². The third-order valence-corrected chi connectivity index (χ3v) is 16.0. The molecule has 8 N–H and O–H groups in total. The van der Waals surface area contributed by atoms with E-state index in [0.717, 1.165) is 11.1 Å². The van der Waals surface area contributed by atoms with Crippen LogP contribution in [0.25, 0.3) is 21.8 Å². The number of aliphatic hydroxyl groups excluding tert-OH is 2. The number of pyridine rings is 2. The number of nitrogens with one attached hydrogen (secondary N) is 3. The van der Waals surface area contributed by atoms with Crippen molar-refractivity contribution in [3.05, 3.63) is 132 Å². The standard InChI is InChI=1S/C27H33N3O5S.C18H22N2O5S.C9H13NO/c1-3-35-25-16-11-21-17-23(14-15-24(21)28-25)36(33,34)30-22-12-9-20(10-13-22)27(32)29-26(18(2)31)19-7-5-4-6-8-19;1-2-25-17-10-5-13-11-15(8-9-16(13)19-17)26(23,24)20-14-6-3-12(4-7-14)18(21)22;1-7(11)9(10)8-5-3-2-4-6-8/h4-8,11,14-18,20,22,26,30-31H,3,9-10,12-13H2,1-2H3,(H,29,32);5,8-12,14,20H,2-4,6-7H2,1H3,(H,21,22);2-7,9,11H,10H2,1H3/t18-,20?,22?,26-;;7-,9-/m1.1/s1. The molecule has 17 nitrogen and oxygen atoms in total. The van der Waals surface area contributed by atoms with Gasteiger partial charge in [0.2, 0.25) is 37.7 Å². The van der Waals surface area contributed by atoms with Gasteiger partial charge >= 0.3 is 5.97 Å². The summed E-state index contributed by atoms with van der Waals surface area (Å²) in [6.07, 6.45) is 3.09. The van der Waals surface area contributed by atoms with Crippen LogP contribution in [-0.2, 0) is 29.6 Å². The number of carbonyl (C=O) groups excluding carboxylic acids is 1. The lowest BCUT2D eigenvalue weighted by atomic mass is 9.85. The van der Waals surface area contributed by atoms with Crippen molar-refractivity contribution >= 4 is 53.7 Å². The monoisotopic (exact) mass is 1040 g/mol. The van der Waals surface area contributed by atoms with E-state index in [1.54, 1.807) is 68.4 Å². The van der Waals surface area contributed by atoms with Gasteiger partial charge in [0.25, 0.3) is 0 Å². The van der Waals surface area contributed by atoms with Crippen molar-refractivity contribution in [2.45, 2.75) is 125 Å². The second kappa shape index (κ2) is 26.2. The number of aliphatic hydroxyl groups is 2. The molecule has 4 aromatic carbocycles. The van der Waals surface area contributed by atoms with Crippen LogP contribution >= 0.6 is 0 Å².